The summed E-state index contributed by atoms with van der Waals surface area (Å²) in [7, 11) is 1.49. The maximum Gasteiger partial charge on any atom is 0.274 e. The largest absolute Gasteiger partial charge is 0.481 e. The number of pyridine rings is 1. The monoisotopic (exact) mass is 671 g/mol. The lowest BCUT2D eigenvalue weighted by Crippen LogP contribution is -2.46. The van der Waals surface area contributed by atoms with Crippen molar-refractivity contribution in [3.63, 3.8) is 0 Å². The Morgan fingerprint density at radius 2 is 2.03 bits per heavy atom. The Balaban J connectivity index is 0.000000257. The van der Waals surface area contributed by atoms with Gasteiger partial charge in [0.25, 0.3) is 5.91 Å². The van der Waals surface area contributed by atoms with Crippen LogP contribution in [0.3, 0.4) is 0 Å². The summed E-state index contributed by atoms with van der Waals surface area (Å²) in [5, 5.41) is 7.74. The zero-order valence-corrected chi connectivity index (χ0v) is 24.9. The van der Waals surface area contributed by atoms with Gasteiger partial charge in [-0.1, -0.05) is 30.7 Å². The van der Waals surface area contributed by atoms with Crippen molar-refractivity contribution in [1.29, 1.82) is 0 Å². The Bertz CT molecular complexity index is 1280. The average molecular weight is 672 g/mol. The summed E-state index contributed by atoms with van der Waals surface area (Å²) >= 11 is 7.89. The number of aromatic nitrogens is 3. The molecule has 2 amide bonds. The summed E-state index contributed by atoms with van der Waals surface area (Å²) in [4.78, 5) is 29.0. The van der Waals surface area contributed by atoms with E-state index in [4.69, 9.17) is 16.3 Å². The summed E-state index contributed by atoms with van der Waals surface area (Å²) in [6.07, 6.45) is 6.30. The minimum Gasteiger partial charge on any atom is -0.481 e. The van der Waals surface area contributed by atoms with Crippen molar-refractivity contribution in [1.82, 2.24) is 24.8 Å². The third-order valence-electron chi connectivity index (χ3n) is 6.81. The van der Waals surface area contributed by atoms with Crippen molar-refractivity contribution in [3.8, 4) is 17.1 Å². The van der Waals surface area contributed by atoms with E-state index in [1.54, 1.807) is 22.7 Å². The fourth-order valence-electron chi connectivity index (χ4n) is 5.19. The highest BCUT2D eigenvalue weighted by atomic mass is 127. The minimum atomic E-state index is -0.461. The van der Waals surface area contributed by atoms with Crippen LogP contribution in [0.5, 0.6) is 5.88 Å². The van der Waals surface area contributed by atoms with Crippen LogP contribution in [0, 0.1) is 11.7 Å². The zero-order valence-electron chi connectivity index (χ0n) is 21.0. The summed E-state index contributed by atoms with van der Waals surface area (Å²) in [6.45, 7) is 2.79. The molecule has 202 valence electrons. The standard InChI is InChI=1S/C18H21FIN4O2P.C8H8ClNO/c1-10-5-11-3-4-12(6-10)23(11)18(25)15-8-16(24(22-15)27-20)13-7-17(26-2)21-9-14(13)19;9-8-3-1-2-7(4-8)5-10-6-11/h7-12,27H,3-6H2,1-2H3;1-4,6H,5H2,(H,10,11). The van der Waals surface area contributed by atoms with Crippen LogP contribution in [0.15, 0.2) is 42.6 Å². The molecule has 3 unspecified atom stereocenters. The molecule has 1 N–H and O–H groups in total. The first-order valence-electron chi connectivity index (χ1n) is 12.2. The third kappa shape index (κ3) is 6.63. The maximum absolute atomic E-state index is 14.4. The molecular formula is C26H29ClFIN5O3P. The number of carbonyl (C=O) groups is 2. The molecule has 0 saturated carbocycles. The number of hydrogen-bond acceptors (Lipinski definition) is 5. The highest BCUT2D eigenvalue weighted by molar-refractivity contribution is 14.2. The van der Waals surface area contributed by atoms with Gasteiger partial charge in [0.05, 0.1) is 25.4 Å². The molecule has 38 heavy (non-hydrogen) atoms. The second kappa shape index (κ2) is 13.2. The lowest BCUT2D eigenvalue weighted by Gasteiger charge is -2.37. The lowest BCUT2D eigenvalue weighted by atomic mass is 9.92. The van der Waals surface area contributed by atoms with Gasteiger partial charge in [-0.3, -0.25) is 9.59 Å². The van der Waals surface area contributed by atoms with E-state index in [9.17, 15) is 14.0 Å². The number of halogens is 3. The number of nitrogens with one attached hydrogen (secondary N) is 1. The van der Waals surface area contributed by atoms with E-state index >= 15 is 0 Å². The van der Waals surface area contributed by atoms with Gasteiger partial charge < -0.3 is 15.0 Å². The summed E-state index contributed by atoms with van der Waals surface area (Å²) in [6, 6.07) is 11.2. The molecule has 0 spiro atoms. The van der Waals surface area contributed by atoms with E-state index in [0.29, 0.717) is 58.8 Å². The van der Waals surface area contributed by atoms with Crippen molar-refractivity contribution in [2.45, 2.75) is 51.2 Å². The number of carbonyl (C=O) groups excluding carboxylic acids is 2. The van der Waals surface area contributed by atoms with Gasteiger partial charge in [-0.05, 0) is 77.4 Å². The molecule has 2 bridgehead atoms. The molecule has 12 heteroatoms. The maximum atomic E-state index is 14.4. The van der Waals surface area contributed by atoms with Crippen molar-refractivity contribution < 1.29 is 18.7 Å². The molecule has 2 aliphatic heterocycles. The number of ether oxygens (including phenoxy) is 1. The van der Waals surface area contributed by atoms with Crippen molar-refractivity contribution in [2.75, 3.05) is 7.11 Å². The highest BCUT2D eigenvalue weighted by Crippen LogP contribution is 2.40. The second-order valence-electron chi connectivity index (χ2n) is 9.42. The van der Waals surface area contributed by atoms with Gasteiger partial charge in [0.15, 0.2) is 11.5 Å². The first-order chi connectivity index (χ1) is 18.3. The fraction of sp³-hybridized carbons (Fsp3) is 0.385. The molecule has 1 aromatic carbocycles. The van der Waals surface area contributed by atoms with Gasteiger partial charge in [-0.2, -0.15) is 5.10 Å². The first-order valence-corrected chi connectivity index (χ1v) is 16.7. The SMILES string of the molecule is COc1cc(-c2cc(C(=O)N3C4CCC3CC(C)C4)nn2PI)c(F)cn1.O=CNCc1cccc(Cl)c1. The van der Waals surface area contributed by atoms with Crippen LogP contribution in [0.4, 0.5) is 4.39 Å². The van der Waals surface area contributed by atoms with Gasteiger partial charge in [0, 0.05) is 35.3 Å². The van der Waals surface area contributed by atoms with Gasteiger partial charge in [0.2, 0.25) is 12.3 Å². The lowest BCUT2D eigenvalue weighted by molar-refractivity contribution is -0.109. The van der Waals surface area contributed by atoms with E-state index in [1.165, 1.54) is 7.11 Å². The van der Waals surface area contributed by atoms with Crippen LogP contribution in [0.1, 0.15) is 48.7 Å². The zero-order chi connectivity index (χ0) is 27.2. The van der Waals surface area contributed by atoms with E-state index in [1.807, 2.05) is 23.1 Å². The smallest absolute Gasteiger partial charge is 0.274 e. The number of fused-ring (bicyclic) bond motifs is 2. The second-order valence-corrected chi connectivity index (χ2v) is 11.9. The van der Waals surface area contributed by atoms with Crippen molar-refractivity contribution in [2.24, 2.45) is 5.92 Å². The first kappa shape index (κ1) is 28.7. The van der Waals surface area contributed by atoms with Gasteiger partial charge in [0.1, 0.15) is 0 Å². The Labute approximate surface area is 241 Å². The quantitative estimate of drug-likeness (QED) is 0.193. The van der Waals surface area contributed by atoms with Crippen LogP contribution >= 0.6 is 40.0 Å². The normalized spacial score (nSPS) is 20.2. The fourth-order valence-corrected chi connectivity index (χ4v) is 6.93. The van der Waals surface area contributed by atoms with Crippen LogP contribution < -0.4 is 10.1 Å². The van der Waals surface area contributed by atoms with E-state index in [0.717, 1.165) is 37.4 Å². The summed E-state index contributed by atoms with van der Waals surface area (Å²) < 4.78 is 21.2. The van der Waals surface area contributed by atoms with Crippen molar-refractivity contribution in [3.05, 3.63) is 64.7 Å². The number of piperidine rings is 1. The van der Waals surface area contributed by atoms with E-state index < -0.39 is 5.82 Å². The number of nitrogens with zero attached hydrogens (tertiary/aromatic N) is 4. The number of benzene rings is 1. The highest BCUT2D eigenvalue weighted by Gasteiger charge is 2.43. The van der Waals surface area contributed by atoms with E-state index in [2.05, 4.69) is 44.4 Å². The van der Waals surface area contributed by atoms with Crippen molar-refractivity contribution >= 4 is 52.3 Å². The predicted octanol–water partition coefficient (Wildman–Crippen LogP) is 5.87. The average Bonchev–Trinajstić information content (AvgIpc) is 3.46. The summed E-state index contributed by atoms with van der Waals surface area (Å²) in [5.41, 5.74) is 2.30. The van der Waals surface area contributed by atoms with E-state index in [-0.39, 0.29) is 12.3 Å². The number of rotatable bonds is 7. The topological polar surface area (TPSA) is 89.3 Å². The van der Waals surface area contributed by atoms with Crippen LogP contribution in [0.25, 0.3) is 11.3 Å². The summed E-state index contributed by atoms with van der Waals surface area (Å²) in [5.74, 6) is 0.490. The molecule has 3 atom stereocenters. The minimum absolute atomic E-state index is 0.0366. The number of amides is 2. The predicted molar refractivity (Wildman–Crippen MR) is 155 cm³/mol. The van der Waals surface area contributed by atoms with Crippen LogP contribution in [-0.4, -0.2) is 50.9 Å². The molecule has 2 fully saturated rings. The molecule has 2 saturated heterocycles. The molecular weight excluding hydrogens is 643 g/mol. The number of methoxy groups -OCH3 is 1. The molecule has 4 heterocycles. The van der Waals surface area contributed by atoms with Gasteiger partial charge in [-0.15, -0.1) is 0 Å². The van der Waals surface area contributed by atoms with Crippen LogP contribution in [0.2, 0.25) is 5.02 Å². The van der Waals surface area contributed by atoms with Gasteiger partial charge >= 0.3 is 0 Å². The third-order valence-corrected chi connectivity index (χ3v) is 8.91. The Kier molecular flexibility index (Phi) is 9.95. The Morgan fingerprint density at radius 3 is 2.66 bits per heavy atom. The molecule has 2 aliphatic rings. The number of hydrogen-bond donors (Lipinski definition) is 1. The Hall–Kier alpha value is -2.30. The molecule has 3 aromatic rings. The molecule has 8 nitrogen and oxygen atoms in total. The van der Waals surface area contributed by atoms with Crippen LogP contribution in [-0.2, 0) is 11.3 Å². The molecule has 0 aliphatic carbocycles. The molecule has 0 radical (unpaired) electrons. The molecule has 2 aromatic heterocycles. The van der Waals surface area contributed by atoms with Gasteiger partial charge in [-0.25, -0.2) is 13.8 Å². The Morgan fingerprint density at radius 1 is 1.29 bits per heavy atom. The molecule has 5 rings (SSSR count).